The topological polar surface area (TPSA) is 16.4 Å². The second kappa shape index (κ2) is 15.6. The average Bonchev–Trinajstić information content (AvgIpc) is 3.93. The second-order valence-electron chi connectivity index (χ2n) is 18.3. The molecule has 14 rings (SSSR count). The third-order valence-corrected chi connectivity index (χ3v) is 14.7. The molecule has 69 heavy (non-hydrogen) atoms. The van der Waals surface area contributed by atoms with Gasteiger partial charge in [-0.2, -0.15) is 0 Å². The molecule has 2 heteroatoms. The van der Waals surface area contributed by atoms with E-state index >= 15 is 0 Å². The van der Waals surface area contributed by atoms with Crippen molar-refractivity contribution in [2.24, 2.45) is 0 Å². The van der Waals surface area contributed by atoms with Crippen LogP contribution in [0.15, 0.2) is 265 Å². The molecule has 2 aliphatic rings. The van der Waals surface area contributed by atoms with Crippen molar-refractivity contribution in [3.05, 3.63) is 283 Å². The van der Waals surface area contributed by atoms with Crippen molar-refractivity contribution in [3.8, 4) is 66.8 Å². The first-order valence-electron chi connectivity index (χ1n) is 23.8. The molecule has 0 saturated carbocycles. The van der Waals surface area contributed by atoms with E-state index in [4.69, 9.17) is 4.42 Å². The Bertz CT molecular complexity index is 3870. The maximum atomic E-state index is 6.48. The minimum Gasteiger partial charge on any atom is -0.455 e. The largest absolute Gasteiger partial charge is 0.455 e. The Labute approximate surface area is 401 Å². The predicted octanol–water partition coefficient (Wildman–Crippen LogP) is 18.1. The number of para-hydroxylation sites is 2. The van der Waals surface area contributed by atoms with Gasteiger partial charge in [0.1, 0.15) is 11.2 Å². The lowest BCUT2D eigenvalue weighted by molar-refractivity contribution is 0.670. The quantitative estimate of drug-likeness (QED) is 0.165. The van der Waals surface area contributed by atoms with E-state index in [-0.39, 0.29) is 0 Å². The molecule has 322 valence electrons. The van der Waals surface area contributed by atoms with E-state index in [0.717, 1.165) is 50.1 Å². The van der Waals surface area contributed by atoms with Crippen LogP contribution in [0.1, 0.15) is 22.3 Å². The highest BCUT2D eigenvalue weighted by Crippen LogP contribution is 2.63. The molecule has 1 spiro atoms. The minimum atomic E-state index is -0.575. The van der Waals surface area contributed by atoms with Gasteiger partial charge in [-0.25, -0.2) is 0 Å². The molecule has 1 aromatic heterocycles. The molecule has 2 aliphatic carbocycles. The summed E-state index contributed by atoms with van der Waals surface area (Å²) in [4.78, 5) is 2.37. The molecule has 0 bridgehead atoms. The van der Waals surface area contributed by atoms with Crippen LogP contribution in [0.3, 0.4) is 0 Å². The molecule has 11 aromatic carbocycles. The van der Waals surface area contributed by atoms with E-state index in [0.29, 0.717) is 0 Å². The van der Waals surface area contributed by atoms with E-state index in [1.165, 1.54) is 77.9 Å². The lowest BCUT2D eigenvalue weighted by atomic mass is 9.64. The SMILES string of the molecule is c1ccc(-c2ccc(N(c3ccc(-c4cccc5c4C4(c6ccccc6-c6ccccc6-c6ccccc64)c4ccccc4-5)cc3)c3ccc(-c4cccc5c4oc4ccccc45)cc3)cc2)cc1. The summed E-state index contributed by atoms with van der Waals surface area (Å²) in [6.45, 7) is 0. The highest BCUT2D eigenvalue weighted by Gasteiger charge is 2.50. The van der Waals surface area contributed by atoms with Crippen molar-refractivity contribution in [1.29, 1.82) is 0 Å². The first-order chi connectivity index (χ1) is 34.2. The molecule has 2 nitrogen and oxygen atoms in total. The van der Waals surface area contributed by atoms with Crippen LogP contribution in [0.25, 0.3) is 88.7 Å². The molecule has 12 aromatic rings. The third-order valence-electron chi connectivity index (χ3n) is 14.7. The van der Waals surface area contributed by atoms with Crippen LogP contribution in [-0.4, -0.2) is 0 Å². The van der Waals surface area contributed by atoms with Crippen molar-refractivity contribution in [3.63, 3.8) is 0 Å². The van der Waals surface area contributed by atoms with Gasteiger partial charge in [-0.05, 0) is 126 Å². The molecule has 0 N–H and O–H groups in total. The van der Waals surface area contributed by atoms with Gasteiger partial charge in [0.2, 0.25) is 0 Å². The summed E-state index contributed by atoms with van der Waals surface area (Å²) < 4.78 is 6.48. The molecule has 0 radical (unpaired) electrons. The van der Waals surface area contributed by atoms with Gasteiger partial charge in [-0.15, -0.1) is 0 Å². The number of benzene rings is 11. The van der Waals surface area contributed by atoms with Crippen LogP contribution in [0, 0.1) is 0 Å². The van der Waals surface area contributed by atoms with Crippen LogP contribution in [-0.2, 0) is 5.41 Å². The summed E-state index contributed by atoms with van der Waals surface area (Å²) in [5.74, 6) is 0. The van der Waals surface area contributed by atoms with Gasteiger partial charge in [0.15, 0.2) is 0 Å². The van der Waals surface area contributed by atoms with Crippen LogP contribution in [0.4, 0.5) is 17.1 Å². The van der Waals surface area contributed by atoms with Crippen molar-refractivity contribution < 1.29 is 4.42 Å². The maximum Gasteiger partial charge on any atom is 0.143 e. The maximum absolute atomic E-state index is 6.48. The molecule has 0 aliphatic heterocycles. The second-order valence-corrected chi connectivity index (χ2v) is 18.3. The number of nitrogens with zero attached hydrogens (tertiary/aromatic N) is 1. The van der Waals surface area contributed by atoms with E-state index in [9.17, 15) is 0 Å². The molecule has 0 saturated heterocycles. The zero-order valence-corrected chi connectivity index (χ0v) is 37.7. The van der Waals surface area contributed by atoms with Gasteiger partial charge in [-0.3, -0.25) is 0 Å². The molecule has 0 amide bonds. The summed E-state index contributed by atoms with van der Waals surface area (Å²) in [6.07, 6.45) is 0. The molecular weight excluding hydrogens is 835 g/mol. The zero-order valence-electron chi connectivity index (χ0n) is 37.7. The Morgan fingerprint density at radius 2 is 0.652 bits per heavy atom. The number of hydrogen-bond donors (Lipinski definition) is 0. The smallest absolute Gasteiger partial charge is 0.143 e. The number of furan rings is 1. The normalized spacial score (nSPS) is 12.8. The fraction of sp³-hybridized carbons (Fsp3) is 0.0149. The van der Waals surface area contributed by atoms with E-state index in [1.54, 1.807) is 0 Å². The highest BCUT2D eigenvalue weighted by atomic mass is 16.3. The lowest BCUT2D eigenvalue weighted by Gasteiger charge is -2.36. The summed E-state index contributed by atoms with van der Waals surface area (Å²) >= 11 is 0. The summed E-state index contributed by atoms with van der Waals surface area (Å²) in [7, 11) is 0. The third kappa shape index (κ3) is 5.92. The summed E-state index contributed by atoms with van der Waals surface area (Å²) in [6, 6.07) is 95.6. The molecule has 0 fully saturated rings. The first-order valence-corrected chi connectivity index (χ1v) is 23.8. The van der Waals surface area contributed by atoms with E-state index < -0.39 is 5.41 Å². The lowest BCUT2D eigenvalue weighted by Crippen LogP contribution is -2.30. The van der Waals surface area contributed by atoms with Crippen LogP contribution in [0.2, 0.25) is 0 Å². The van der Waals surface area contributed by atoms with Gasteiger partial charge in [-0.1, -0.05) is 218 Å². The fourth-order valence-electron chi connectivity index (χ4n) is 11.8. The number of hydrogen-bond acceptors (Lipinski definition) is 2. The van der Waals surface area contributed by atoms with Crippen molar-refractivity contribution in [2.45, 2.75) is 5.41 Å². The Morgan fingerprint density at radius 1 is 0.261 bits per heavy atom. The van der Waals surface area contributed by atoms with Gasteiger partial charge in [0, 0.05) is 33.4 Å². The Balaban J connectivity index is 0.926. The number of rotatable bonds is 6. The van der Waals surface area contributed by atoms with E-state index in [2.05, 4.69) is 254 Å². The first kappa shape index (κ1) is 39.2. The molecule has 0 atom stereocenters. The van der Waals surface area contributed by atoms with Crippen molar-refractivity contribution in [2.75, 3.05) is 4.90 Å². The van der Waals surface area contributed by atoms with Crippen molar-refractivity contribution in [1.82, 2.24) is 0 Å². The number of anilines is 3. The fourth-order valence-corrected chi connectivity index (χ4v) is 11.8. The zero-order chi connectivity index (χ0) is 45.5. The Kier molecular flexibility index (Phi) is 8.84. The average molecular weight is 878 g/mol. The van der Waals surface area contributed by atoms with Crippen LogP contribution < -0.4 is 4.90 Å². The van der Waals surface area contributed by atoms with Crippen LogP contribution >= 0.6 is 0 Å². The van der Waals surface area contributed by atoms with Crippen molar-refractivity contribution >= 4 is 39.0 Å². The van der Waals surface area contributed by atoms with E-state index in [1.807, 2.05) is 12.1 Å². The van der Waals surface area contributed by atoms with Gasteiger partial charge >= 0.3 is 0 Å². The molecule has 0 unspecified atom stereocenters. The molecular formula is C67H43NO. The predicted molar refractivity (Wildman–Crippen MR) is 286 cm³/mol. The Morgan fingerprint density at radius 3 is 1.25 bits per heavy atom. The van der Waals surface area contributed by atoms with Gasteiger partial charge in [0.05, 0.1) is 5.41 Å². The standard InChI is InChI=1S/C67H43NO/c1-2-16-44(17-3-1)45-32-38-48(39-33-45)68(50-42-36-47(37-43-50)52-25-15-27-60-58-23-9-13-31-64(58)69-66(52)60)49-40-34-46(35-41-49)51-24-14-26-59-57-22-8-12-30-63(57)67(65(51)59)61-28-10-6-20-55(61)53-18-4-5-19-54(53)56-21-7-11-29-62(56)67/h1-43H. The highest BCUT2D eigenvalue weighted by molar-refractivity contribution is 6.09. The summed E-state index contributed by atoms with van der Waals surface area (Å²) in [5.41, 5.74) is 24.3. The van der Waals surface area contributed by atoms with Crippen LogP contribution in [0.5, 0.6) is 0 Å². The monoisotopic (exact) mass is 877 g/mol. The summed E-state index contributed by atoms with van der Waals surface area (Å²) in [5, 5.41) is 2.26. The van der Waals surface area contributed by atoms with Gasteiger partial charge < -0.3 is 9.32 Å². The van der Waals surface area contributed by atoms with Gasteiger partial charge in [0.25, 0.3) is 0 Å². The minimum absolute atomic E-state index is 0.575. The number of fused-ring (bicyclic) bond motifs is 15. The molecule has 1 heterocycles. The Hall–Kier alpha value is -8.98.